The molecule has 2 saturated heterocycles. The Morgan fingerprint density at radius 2 is 0.941 bits per heavy atom. The number of Topliss-reactive ketones (excluding diaryl/α,β-unsaturated/α-hetero) is 2. The molecule has 7 N–H and O–H groups in total. The zero-order valence-electron chi connectivity index (χ0n) is 49.8. The molecule has 2 aromatic rings. The van der Waals surface area contributed by atoms with Crippen LogP contribution in [0.3, 0.4) is 0 Å². The lowest BCUT2D eigenvalue weighted by atomic mass is 9.43. The Bertz CT molecular complexity index is 2890. The molecule has 4 saturated carbocycles. The molecule has 2 aromatic carbocycles. The summed E-state index contributed by atoms with van der Waals surface area (Å²) >= 11 is 0. The van der Waals surface area contributed by atoms with Gasteiger partial charge in [0.05, 0.1) is 71.4 Å². The molecule has 2 heterocycles. The van der Waals surface area contributed by atoms with E-state index in [0.29, 0.717) is 16.7 Å². The quantitative estimate of drug-likeness (QED) is 0.106. The first-order chi connectivity index (χ1) is 39.2. The van der Waals surface area contributed by atoms with Gasteiger partial charge in [0.1, 0.15) is 47.5 Å². The second-order valence-corrected chi connectivity index (χ2v) is 26.0. The van der Waals surface area contributed by atoms with Crippen molar-refractivity contribution in [3.63, 3.8) is 0 Å². The normalized spacial score (nSPS) is 40.2. The molecule has 0 amide bonds. The number of alkyl halides is 3. The maximum atomic E-state index is 14.5. The molecule has 0 radical (unpaired) electrons. The van der Waals surface area contributed by atoms with Crippen molar-refractivity contribution < 1.29 is 106 Å². The summed E-state index contributed by atoms with van der Waals surface area (Å²) in [6.07, 6.45) is -16.2. The van der Waals surface area contributed by atoms with Gasteiger partial charge < -0.3 is 64.2 Å². The summed E-state index contributed by atoms with van der Waals surface area (Å²) in [4.78, 5) is 80.9. The Hall–Kier alpha value is -5.69. The van der Waals surface area contributed by atoms with Crippen molar-refractivity contribution in [3.8, 4) is 0 Å². The second-order valence-electron chi connectivity index (χ2n) is 26.0. The van der Waals surface area contributed by atoms with E-state index >= 15 is 0 Å². The molecule has 85 heavy (non-hydrogen) atoms. The van der Waals surface area contributed by atoms with E-state index in [1.807, 2.05) is 0 Å². The summed E-state index contributed by atoms with van der Waals surface area (Å²) in [7, 11) is 0. The average Bonchev–Trinajstić information content (AvgIpc) is 0.726. The van der Waals surface area contributed by atoms with Gasteiger partial charge in [0.2, 0.25) is 0 Å². The topological polar surface area (TPSA) is 299 Å². The van der Waals surface area contributed by atoms with Gasteiger partial charge >= 0.3 is 30.1 Å². The molecular formula is C63H79F3O19. The summed E-state index contributed by atoms with van der Waals surface area (Å²) in [5.41, 5.74) is -11.7. The van der Waals surface area contributed by atoms with E-state index in [4.69, 9.17) is 28.4 Å². The van der Waals surface area contributed by atoms with E-state index in [9.17, 15) is 77.7 Å². The van der Waals surface area contributed by atoms with E-state index in [2.05, 4.69) is 6.58 Å². The number of carbonyl (C=O) groups is 6. The van der Waals surface area contributed by atoms with E-state index in [-0.39, 0.29) is 61.4 Å². The van der Waals surface area contributed by atoms with Crippen molar-refractivity contribution >= 4 is 35.4 Å². The molecule has 0 aromatic heterocycles. The van der Waals surface area contributed by atoms with Crippen LogP contribution in [0.15, 0.2) is 95.1 Å². The van der Waals surface area contributed by atoms with Gasteiger partial charge in [-0.1, -0.05) is 77.6 Å². The molecular weight excluding hydrogens is 1120 g/mol. The highest BCUT2D eigenvalue weighted by Crippen LogP contribution is 2.67. The zero-order valence-corrected chi connectivity index (χ0v) is 49.8. The van der Waals surface area contributed by atoms with Gasteiger partial charge in [-0.15, -0.1) is 0 Å². The molecule has 2 unspecified atom stereocenters. The van der Waals surface area contributed by atoms with Gasteiger partial charge in [-0.25, -0.2) is 9.59 Å². The van der Waals surface area contributed by atoms with Crippen molar-refractivity contribution in [2.75, 3.05) is 13.2 Å². The fourth-order valence-corrected chi connectivity index (χ4v) is 15.8. The number of aliphatic hydroxyl groups excluding tert-OH is 5. The highest BCUT2D eigenvalue weighted by molar-refractivity contribution is 5.95. The number of hydrogen-bond donors (Lipinski definition) is 7. The van der Waals surface area contributed by atoms with Crippen LogP contribution in [0.5, 0.6) is 0 Å². The summed E-state index contributed by atoms with van der Waals surface area (Å²) in [6.45, 7) is 20.7. The second kappa shape index (κ2) is 22.2. The summed E-state index contributed by atoms with van der Waals surface area (Å²) in [6, 6.07) is 16.3. The molecule has 22 heteroatoms. The standard InChI is InChI=1S/C30H38O9.C29H36O10.C4H5F3/c1-15-19(32)13-30(36)25(38-26(35)18-10-8-7-9-11-18)23-28(6,24(34)16(2)22(15)27(30,4)5)20(33)12-21-29(23,14-37-21)39-17(3)31;1-14-17(31)12-29(36)24(38-25(35)16-9-7-6-8-10-16)22-27(5,23(34)21(33)20(14)26(29,3)4)18(32)11-19-28(22,13-37-19)39-15(2)30;1-3(2)4(5,6)7/h7-11,16,19-21,23,25,32-33,36H,12-14H2,1-6H3;6-10,17-19,21-22,24,31-33,36H,11-13H2,1-5H3;1H2,2H3/t16-,19+,20+,21-,23?,25+,28-,29+,30-;17-,18-,19+,21+,22?,24-,27+,28-,29+;/m10./s1. The van der Waals surface area contributed by atoms with Crippen molar-refractivity contribution in [2.24, 2.45) is 39.4 Å². The molecule has 0 spiro atoms. The van der Waals surface area contributed by atoms with Crippen molar-refractivity contribution in [1.29, 1.82) is 0 Å². The number of ether oxygens (including phenoxy) is 6. The summed E-state index contributed by atoms with van der Waals surface area (Å²) in [5.74, 6) is -7.27. The molecule has 18 atom stereocenters. The van der Waals surface area contributed by atoms with Gasteiger partial charge in [0.15, 0.2) is 17.0 Å². The van der Waals surface area contributed by atoms with Crippen LogP contribution in [0.2, 0.25) is 0 Å². The third-order valence-corrected chi connectivity index (χ3v) is 20.7. The number of ketones is 2. The molecule has 19 nitrogen and oxygen atoms in total. The smallest absolute Gasteiger partial charge is 0.411 e. The first-order valence-corrected chi connectivity index (χ1v) is 28.4. The molecule has 6 aliphatic carbocycles. The Morgan fingerprint density at radius 1 is 0.600 bits per heavy atom. The van der Waals surface area contributed by atoms with Crippen LogP contribution in [-0.2, 0) is 47.6 Å². The number of benzene rings is 2. The van der Waals surface area contributed by atoms with Crippen LogP contribution in [0.4, 0.5) is 13.2 Å². The molecule has 4 bridgehead atoms. The Kier molecular flexibility index (Phi) is 17.0. The van der Waals surface area contributed by atoms with Crippen molar-refractivity contribution in [2.45, 2.75) is 192 Å². The fraction of sp³-hybridized carbons (Fsp3) is 0.619. The summed E-state index contributed by atoms with van der Waals surface area (Å²) < 4.78 is 68.9. The van der Waals surface area contributed by atoms with Gasteiger partial charge in [0.25, 0.3) is 0 Å². The van der Waals surface area contributed by atoms with E-state index in [1.54, 1.807) is 104 Å². The maximum absolute atomic E-state index is 14.5. The third-order valence-electron chi connectivity index (χ3n) is 20.7. The van der Waals surface area contributed by atoms with Crippen LogP contribution in [0, 0.1) is 39.4 Å². The van der Waals surface area contributed by atoms with E-state index in [0.717, 1.165) is 6.92 Å². The first-order valence-electron chi connectivity index (χ1n) is 28.4. The predicted octanol–water partition coefficient (Wildman–Crippen LogP) is 5.56. The third kappa shape index (κ3) is 9.93. The molecule has 8 aliphatic rings. The van der Waals surface area contributed by atoms with Crippen LogP contribution < -0.4 is 0 Å². The fourth-order valence-electron chi connectivity index (χ4n) is 15.8. The predicted molar refractivity (Wildman–Crippen MR) is 294 cm³/mol. The number of hydrogen-bond acceptors (Lipinski definition) is 19. The van der Waals surface area contributed by atoms with Crippen molar-refractivity contribution in [3.05, 3.63) is 106 Å². The lowest BCUT2D eigenvalue weighted by molar-refractivity contribution is -0.345. The lowest BCUT2D eigenvalue weighted by Gasteiger charge is -2.67. The monoisotopic (exact) mass is 1200 g/mol. The first kappa shape index (κ1) is 65.3. The largest absolute Gasteiger partial charge is 0.455 e. The van der Waals surface area contributed by atoms with Gasteiger partial charge in [-0.2, -0.15) is 13.2 Å². The Labute approximate surface area is 491 Å². The highest BCUT2D eigenvalue weighted by atomic mass is 19.4. The number of carbonyl (C=O) groups excluding carboxylic acids is 6. The minimum atomic E-state index is -4.19. The van der Waals surface area contributed by atoms with Gasteiger partial charge in [-0.3, -0.25) is 19.2 Å². The SMILES string of the molecule is C=C(C)C(F)(F)F.CC(=O)O[C@@]12CO[C@@H]1C[C@H](O)[C@@]1(C)C(=O)[C@H](C)C3=C(C)[C@@H](O)C[C@@](O)([C@@H](OC(=O)c4ccccc4)C12)C3(C)C.CC(=O)O[C@@]12CO[C@@H]1C[C@H](O)[C@@]1(C)C(=O)[C@H](O)C3=C(C)[C@@H](O)C[C@@](O)([C@@H](OC(=O)c4ccccc4)C12)C3(C)C. The molecule has 2 aliphatic heterocycles. The van der Waals surface area contributed by atoms with Crippen LogP contribution in [0.1, 0.15) is 129 Å². The minimum absolute atomic E-state index is 0.0283. The minimum Gasteiger partial charge on any atom is -0.455 e. The number of fused-ring (bicyclic) bond motifs is 10. The number of allylic oxidation sites excluding steroid dienone is 1. The lowest BCUT2D eigenvalue weighted by Crippen LogP contribution is -2.81. The Balaban J connectivity index is 0.000000199. The Morgan fingerprint density at radius 3 is 1.27 bits per heavy atom. The molecule has 10 rings (SSSR count). The number of halogens is 3. The van der Waals surface area contributed by atoms with E-state index in [1.165, 1.54) is 32.9 Å². The molecule has 466 valence electrons. The maximum Gasteiger partial charge on any atom is 0.411 e. The molecule has 6 fully saturated rings. The number of esters is 4. The average molecular weight is 1200 g/mol. The number of aliphatic hydroxyl groups is 7. The van der Waals surface area contributed by atoms with Gasteiger partial charge in [0, 0.05) is 61.9 Å². The van der Waals surface area contributed by atoms with Crippen LogP contribution in [0.25, 0.3) is 0 Å². The highest BCUT2D eigenvalue weighted by Gasteiger charge is 2.80. The van der Waals surface area contributed by atoms with Crippen LogP contribution in [-0.4, -0.2) is 168 Å². The summed E-state index contributed by atoms with van der Waals surface area (Å²) in [5, 5.41) is 82.3. The number of rotatable bonds is 6. The van der Waals surface area contributed by atoms with Gasteiger partial charge in [-0.05, 0) is 81.2 Å². The van der Waals surface area contributed by atoms with Crippen LogP contribution >= 0.6 is 0 Å². The zero-order chi connectivity index (χ0) is 63.5. The van der Waals surface area contributed by atoms with Crippen molar-refractivity contribution in [1.82, 2.24) is 0 Å². The van der Waals surface area contributed by atoms with E-state index < -0.39 is 158 Å².